The number of nitrogens with zero attached hydrogens (tertiary/aromatic N) is 3. The maximum atomic E-state index is 12.0. The number of aromatic nitrogens is 1. The first-order chi connectivity index (χ1) is 17.9. The third-order valence-electron chi connectivity index (χ3n) is 10.3. The van der Waals surface area contributed by atoms with Crippen molar-refractivity contribution in [3.63, 3.8) is 0 Å². The Balaban J connectivity index is 1.23. The van der Waals surface area contributed by atoms with E-state index in [1.165, 1.54) is 42.4 Å². The molecule has 0 N–H and O–H groups in total. The van der Waals surface area contributed by atoms with Crippen molar-refractivity contribution in [1.82, 2.24) is 9.88 Å². The Hall–Kier alpha value is -2.47. The SMILES string of the molecule is CCN(CC)CCOC(=O)ON=C1C=C2CC[C@H]3[C@H](CC[C@]4(C)C(c5cccnc5)=CC[C@@H]34)[C@@]2(C)CC1. The summed E-state index contributed by atoms with van der Waals surface area (Å²) in [4.78, 5) is 23.8. The molecule has 4 aliphatic carbocycles. The average molecular weight is 506 g/mol. The van der Waals surface area contributed by atoms with Gasteiger partial charge in [-0.3, -0.25) is 9.82 Å². The van der Waals surface area contributed by atoms with Crippen molar-refractivity contribution >= 4 is 17.4 Å². The standard InChI is InChI=1S/C31H43N3O3/c1-5-34(6-2)18-19-36-29(35)37-33-24-13-15-30(3)23(20-24)9-10-25-27-12-11-26(22-8-7-17-32-21-22)31(27,4)16-14-28(25)30/h7-8,11,17,20-21,25,27-28H,5-6,9-10,12-16,18-19H2,1-4H3/t25-,27+,28+,30+,31-/m1/s1. The fourth-order valence-corrected chi connectivity index (χ4v) is 8.10. The summed E-state index contributed by atoms with van der Waals surface area (Å²) >= 11 is 0. The Bertz CT molecular complexity index is 1080. The number of hydrogen-bond acceptors (Lipinski definition) is 6. The summed E-state index contributed by atoms with van der Waals surface area (Å²) in [6.07, 6.45) is 15.9. The second-order valence-corrected chi connectivity index (χ2v) is 11.9. The van der Waals surface area contributed by atoms with Crippen LogP contribution in [0.15, 0.2) is 47.4 Å². The molecule has 5 atom stereocenters. The van der Waals surface area contributed by atoms with Gasteiger partial charge in [0.2, 0.25) is 0 Å². The van der Waals surface area contributed by atoms with Crippen molar-refractivity contribution in [3.8, 4) is 0 Å². The van der Waals surface area contributed by atoms with Crippen LogP contribution in [0.5, 0.6) is 0 Å². The molecule has 0 spiro atoms. The molecule has 4 aliphatic rings. The molecule has 37 heavy (non-hydrogen) atoms. The lowest BCUT2D eigenvalue weighted by Crippen LogP contribution is -2.49. The Morgan fingerprint density at radius 2 is 1.97 bits per heavy atom. The van der Waals surface area contributed by atoms with Crippen molar-refractivity contribution in [3.05, 3.63) is 47.8 Å². The Morgan fingerprint density at radius 3 is 2.73 bits per heavy atom. The molecule has 0 amide bonds. The monoisotopic (exact) mass is 505 g/mol. The summed E-state index contributed by atoms with van der Waals surface area (Å²) in [5, 5.41) is 4.19. The van der Waals surface area contributed by atoms with Crippen LogP contribution in [0.25, 0.3) is 5.57 Å². The van der Waals surface area contributed by atoms with Crippen LogP contribution in [0.3, 0.4) is 0 Å². The maximum absolute atomic E-state index is 12.0. The molecule has 2 saturated carbocycles. The van der Waals surface area contributed by atoms with E-state index in [1.807, 2.05) is 12.4 Å². The van der Waals surface area contributed by atoms with Crippen LogP contribution in [0.4, 0.5) is 4.79 Å². The van der Waals surface area contributed by atoms with Gasteiger partial charge in [0, 0.05) is 18.9 Å². The molecule has 0 bridgehead atoms. The maximum Gasteiger partial charge on any atom is 0.535 e. The molecule has 0 unspecified atom stereocenters. The van der Waals surface area contributed by atoms with Crippen LogP contribution in [0.2, 0.25) is 0 Å². The average Bonchev–Trinajstić information content (AvgIpc) is 3.27. The van der Waals surface area contributed by atoms with Gasteiger partial charge >= 0.3 is 6.16 Å². The van der Waals surface area contributed by atoms with Crippen LogP contribution >= 0.6 is 0 Å². The van der Waals surface area contributed by atoms with Crippen molar-refractivity contribution in [2.45, 2.75) is 72.6 Å². The normalized spacial score (nSPS) is 33.8. The van der Waals surface area contributed by atoms with Crippen molar-refractivity contribution < 1.29 is 14.4 Å². The molecule has 5 rings (SSSR count). The van der Waals surface area contributed by atoms with E-state index < -0.39 is 6.16 Å². The predicted molar refractivity (Wildman–Crippen MR) is 147 cm³/mol. The molecule has 6 heteroatoms. The number of rotatable bonds is 7. The van der Waals surface area contributed by atoms with E-state index in [-0.39, 0.29) is 10.8 Å². The Morgan fingerprint density at radius 1 is 1.14 bits per heavy atom. The van der Waals surface area contributed by atoms with Gasteiger partial charge in [-0.25, -0.2) is 4.79 Å². The second-order valence-electron chi connectivity index (χ2n) is 11.9. The zero-order valence-corrected chi connectivity index (χ0v) is 23.0. The molecule has 1 aromatic rings. The van der Waals surface area contributed by atoms with Gasteiger partial charge in [0.15, 0.2) is 0 Å². The quantitative estimate of drug-likeness (QED) is 0.229. The van der Waals surface area contributed by atoms with E-state index >= 15 is 0 Å². The number of fused-ring (bicyclic) bond motifs is 5. The van der Waals surface area contributed by atoms with E-state index in [0.29, 0.717) is 25.0 Å². The van der Waals surface area contributed by atoms with E-state index in [9.17, 15) is 4.79 Å². The topological polar surface area (TPSA) is 64.0 Å². The third-order valence-corrected chi connectivity index (χ3v) is 10.3. The van der Waals surface area contributed by atoms with Gasteiger partial charge in [-0.1, -0.05) is 50.6 Å². The smallest absolute Gasteiger partial charge is 0.431 e. The highest BCUT2D eigenvalue weighted by Crippen LogP contribution is 2.66. The number of carbonyl (C=O) groups excluding carboxylic acids is 1. The summed E-state index contributed by atoms with van der Waals surface area (Å²) in [6, 6.07) is 4.29. The summed E-state index contributed by atoms with van der Waals surface area (Å²) in [5.74, 6) is 2.17. The molecule has 200 valence electrons. The molecule has 0 aliphatic heterocycles. The molecule has 0 aromatic carbocycles. The van der Waals surface area contributed by atoms with Crippen LogP contribution in [0, 0.1) is 28.6 Å². The van der Waals surface area contributed by atoms with Gasteiger partial charge in [0.05, 0.1) is 5.71 Å². The molecule has 0 radical (unpaired) electrons. The molecule has 2 fully saturated rings. The largest absolute Gasteiger partial charge is 0.535 e. The summed E-state index contributed by atoms with van der Waals surface area (Å²) in [6.45, 7) is 12.1. The minimum Gasteiger partial charge on any atom is -0.431 e. The highest BCUT2D eigenvalue weighted by molar-refractivity contribution is 5.96. The van der Waals surface area contributed by atoms with Gasteiger partial charge in [-0.2, -0.15) is 0 Å². The van der Waals surface area contributed by atoms with Crippen molar-refractivity contribution in [2.24, 2.45) is 33.7 Å². The van der Waals surface area contributed by atoms with Gasteiger partial charge in [0.25, 0.3) is 0 Å². The van der Waals surface area contributed by atoms with Crippen molar-refractivity contribution in [1.29, 1.82) is 0 Å². The summed E-state index contributed by atoms with van der Waals surface area (Å²) in [7, 11) is 0. The molecular weight excluding hydrogens is 462 g/mol. The van der Waals surface area contributed by atoms with Crippen LogP contribution in [0.1, 0.15) is 78.2 Å². The van der Waals surface area contributed by atoms with Gasteiger partial charge in [-0.15, -0.1) is 0 Å². The number of allylic oxidation sites excluding steroid dienone is 4. The number of carbonyl (C=O) groups is 1. The lowest BCUT2D eigenvalue weighted by Gasteiger charge is -2.58. The number of hydrogen-bond donors (Lipinski definition) is 0. The fraction of sp³-hybridized carbons (Fsp3) is 0.645. The van der Waals surface area contributed by atoms with Gasteiger partial charge < -0.3 is 9.64 Å². The Kier molecular flexibility index (Phi) is 7.58. The molecular formula is C31H43N3O3. The number of likely N-dealkylation sites (N-methyl/N-ethyl adjacent to an activating group) is 1. The lowest BCUT2D eigenvalue weighted by molar-refractivity contribution is -0.0191. The van der Waals surface area contributed by atoms with Crippen LogP contribution < -0.4 is 0 Å². The zero-order chi connectivity index (χ0) is 26.0. The molecule has 6 nitrogen and oxygen atoms in total. The van der Waals surface area contributed by atoms with E-state index in [1.54, 1.807) is 0 Å². The predicted octanol–water partition coefficient (Wildman–Crippen LogP) is 6.89. The molecule has 1 heterocycles. The minimum atomic E-state index is -0.709. The van der Waals surface area contributed by atoms with Gasteiger partial charge in [-0.05, 0) is 110 Å². The first-order valence-electron chi connectivity index (χ1n) is 14.3. The molecule has 0 saturated heterocycles. The number of ether oxygens (including phenoxy) is 1. The first kappa shape index (κ1) is 26.1. The zero-order valence-electron chi connectivity index (χ0n) is 23.0. The third kappa shape index (κ3) is 4.89. The number of pyridine rings is 1. The van der Waals surface area contributed by atoms with Crippen LogP contribution in [-0.4, -0.2) is 48.0 Å². The fourth-order valence-electron chi connectivity index (χ4n) is 8.10. The second kappa shape index (κ2) is 10.7. The summed E-state index contributed by atoms with van der Waals surface area (Å²) < 4.78 is 5.22. The van der Waals surface area contributed by atoms with Crippen molar-refractivity contribution in [2.75, 3.05) is 26.2 Å². The van der Waals surface area contributed by atoms with E-state index in [2.05, 4.69) is 67.0 Å². The minimum absolute atomic E-state index is 0.213. The number of oxime groups is 1. The lowest BCUT2D eigenvalue weighted by atomic mass is 9.46. The van der Waals surface area contributed by atoms with E-state index in [0.717, 1.165) is 44.0 Å². The highest BCUT2D eigenvalue weighted by Gasteiger charge is 2.57. The Labute approximate surface area is 222 Å². The molecule has 1 aromatic heterocycles. The van der Waals surface area contributed by atoms with Gasteiger partial charge in [0.1, 0.15) is 6.61 Å². The highest BCUT2D eigenvalue weighted by atomic mass is 16.8. The van der Waals surface area contributed by atoms with Crippen LogP contribution in [-0.2, 0) is 9.57 Å². The van der Waals surface area contributed by atoms with E-state index in [4.69, 9.17) is 9.57 Å². The first-order valence-corrected chi connectivity index (χ1v) is 14.3. The summed E-state index contributed by atoms with van der Waals surface area (Å²) in [5.41, 5.74) is 5.66.